The van der Waals surface area contributed by atoms with Gasteiger partial charge in [0.2, 0.25) is 0 Å². The second-order valence-corrected chi connectivity index (χ2v) is 4.68. The molecule has 1 atom stereocenters. The zero-order chi connectivity index (χ0) is 13.2. The molecule has 0 aromatic heterocycles. The number of hydrogen-bond donors (Lipinski definition) is 2. The van der Waals surface area contributed by atoms with Crippen molar-refractivity contribution < 1.29 is 19.4 Å². The standard InChI is InChI=1S/C13H17NO4/c1-13(2)17-8-9(18-13)7-14-12(16)10-5-3-4-6-11(10)15/h3-6,9,15H,7-8H2,1-2H3,(H,14,16). The van der Waals surface area contributed by atoms with Crippen LogP contribution in [0.3, 0.4) is 0 Å². The molecule has 1 unspecified atom stereocenters. The van der Waals surface area contributed by atoms with Crippen molar-refractivity contribution in [2.45, 2.75) is 25.7 Å². The van der Waals surface area contributed by atoms with Crippen molar-refractivity contribution in [3.05, 3.63) is 29.8 Å². The van der Waals surface area contributed by atoms with E-state index in [1.807, 2.05) is 13.8 Å². The summed E-state index contributed by atoms with van der Waals surface area (Å²) in [4.78, 5) is 11.8. The van der Waals surface area contributed by atoms with Gasteiger partial charge in [-0.05, 0) is 26.0 Å². The number of phenols is 1. The minimum atomic E-state index is -0.593. The third-order valence-electron chi connectivity index (χ3n) is 2.71. The predicted octanol–water partition coefficient (Wildman–Crippen LogP) is 1.27. The maximum Gasteiger partial charge on any atom is 0.255 e. The van der Waals surface area contributed by atoms with Gasteiger partial charge in [-0.2, -0.15) is 0 Å². The van der Waals surface area contributed by atoms with Crippen LogP contribution in [-0.2, 0) is 9.47 Å². The molecule has 98 valence electrons. The van der Waals surface area contributed by atoms with Crippen LogP contribution in [0.1, 0.15) is 24.2 Å². The first-order valence-corrected chi connectivity index (χ1v) is 5.86. The van der Waals surface area contributed by atoms with Crippen molar-refractivity contribution in [1.29, 1.82) is 0 Å². The van der Waals surface area contributed by atoms with Crippen LogP contribution in [0.2, 0.25) is 0 Å². The maximum atomic E-state index is 11.8. The van der Waals surface area contributed by atoms with Crippen LogP contribution in [0.4, 0.5) is 0 Å². The number of nitrogens with one attached hydrogen (secondary N) is 1. The van der Waals surface area contributed by atoms with E-state index in [2.05, 4.69) is 5.32 Å². The van der Waals surface area contributed by atoms with E-state index in [0.717, 1.165) is 0 Å². The fourth-order valence-electron chi connectivity index (χ4n) is 1.83. The number of rotatable bonds is 3. The molecule has 1 heterocycles. The van der Waals surface area contributed by atoms with Crippen LogP contribution in [0, 0.1) is 0 Å². The average molecular weight is 251 g/mol. The number of carbonyl (C=O) groups excluding carboxylic acids is 1. The monoisotopic (exact) mass is 251 g/mol. The highest BCUT2D eigenvalue weighted by atomic mass is 16.7. The van der Waals surface area contributed by atoms with Crippen molar-refractivity contribution >= 4 is 5.91 Å². The summed E-state index contributed by atoms with van der Waals surface area (Å²) in [6, 6.07) is 6.42. The summed E-state index contributed by atoms with van der Waals surface area (Å²) in [5.74, 6) is -0.940. The van der Waals surface area contributed by atoms with E-state index < -0.39 is 5.79 Å². The third kappa shape index (κ3) is 3.00. The predicted molar refractivity (Wildman–Crippen MR) is 65.3 cm³/mol. The fourth-order valence-corrected chi connectivity index (χ4v) is 1.83. The molecule has 0 radical (unpaired) electrons. The van der Waals surface area contributed by atoms with E-state index in [0.29, 0.717) is 13.2 Å². The molecule has 0 bridgehead atoms. The molecular weight excluding hydrogens is 234 g/mol. The zero-order valence-corrected chi connectivity index (χ0v) is 10.5. The van der Waals surface area contributed by atoms with E-state index in [1.165, 1.54) is 6.07 Å². The number of para-hydroxylation sites is 1. The van der Waals surface area contributed by atoms with Gasteiger partial charge in [-0.3, -0.25) is 4.79 Å². The number of carbonyl (C=O) groups is 1. The number of ether oxygens (including phenoxy) is 2. The summed E-state index contributed by atoms with van der Waals surface area (Å²) in [7, 11) is 0. The number of aromatic hydroxyl groups is 1. The molecule has 18 heavy (non-hydrogen) atoms. The number of benzene rings is 1. The molecule has 0 saturated carbocycles. The molecule has 1 aliphatic rings. The summed E-state index contributed by atoms with van der Waals surface area (Å²) in [6.07, 6.45) is -0.158. The van der Waals surface area contributed by atoms with E-state index in [-0.39, 0.29) is 23.3 Å². The largest absolute Gasteiger partial charge is 0.507 e. The van der Waals surface area contributed by atoms with E-state index in [4.69, 9.17) is 9.47 Å². The lowest BCUT2D eigenvalue weighted by Gasteiger charge is -2.17. The smallest absolute Gasteiger partial charge is 0.255 e. The Labute approximate surface area is 106 Å². The first-order chi connectivity index (χ1) is 8.48. The van der Waals surface area contributed by atoms with Gasteiger partial charge >= 0.3 is 0 Å². The third-order valence-corrected chi connectivity index (χ3v) is 2.71. The first-order valence-electron chi connectivity index (χ1n) is 5.86. The lowest BCUT2D eigenvalue weighted by Crippen LogP contribution is -2.34. The summed E-state index contributed by atoms with van der Waals surface area (Å²) in [5.41, 5.74) is 0.260. The van der Waals surface area contributed by atoms with Gasteiger partial charge in [-0.1, -0.05) is 12.1 Å². The van der Waals surface area contributed by atoms with Gasteiger partial charge in [0.1, 0.15) is 11.9 Å². The molecule has 1 saturated heterocycles. The summed E-state index contributed by atoms with van der Waals surface area (Å²) in [5, 5.41) is 12.3. The molecule has 2 rings (SSSR count). The number of hydrogen-bond acceptors (Lipinski definition) is 4. The van der Waals surface area contributed by atoms with Gasteiger partial charge in [0, 0.05) is 6.54 Å². The SMILES string of the molecule is CC1(C)OCC(CNC(=O)c2ccccc2O)O1. The second kappa shape index (κ2) is 4.96. The van der Waals surface area contributed by atoms with Crippen molar-refractivity contribution in [2.75, 3.05) is 13.2 Å². The first kappa shape index (κ1) is 12.9. The van der Waals surface area contributed by atoms with Crippen LogP contribution in [-0.4, -0.2) is 36.1 Å². The van der Waals surface area contributed by atoms with Crippen LogP contribution >= 0.6 is 0 Å². The molecule has 2 N–H and O–H groups in total. The normalized spacial score (nSPS) is 21.8. The molecule has 1 amide bonds. The van der Waals surface area contributed by atoms with Crippen LogP contribution in [0.15, 0.2) is 24.3 Å². The summed E-state index contributed by atoms with van der Waals surface area (Å²) < 4.78 is 11.0. The maximum absolute atomic E-state index is 11.8. The van der Waals surface area contributed by atoms with Crippen LogP contribution < -0.4 is 5.32 Å². The Morgan fingerprint density at radius 3 is 2.83 bits per heavy atom. The Kier molecular flexibility index (Phi) is 3.54. The Morgan fingerprint density at radius 2 is 2.22 bits per heavy atom. The molecule has 1 fully saturated rings. The van der Waals surface area contributed by atoms with Crippen molar-refractivity contribution in [2.24, 2.45) is 0 Å². The molecule has 0 spiro atoms. The highest BCUT2D eigenvalue weighted by Gasteiger charge is 2.32. The van der Waals surface area contributed by atoms with Gasteiger partial charge in [0.25, 0.3) is 5.91 Å². The average Bonchev–Trinajstić information content (AvgIpc) is 2.66. The molecule has 5 heteroatoms. The topological polar surface area (TPSA) is 67.8 Å². The summed E-state index contributed by atoms with van der Waals surface area (Å²) in [6.45, 7) is 4.47. The highest BCUT2D eigenvalue weighted by Crippen LogP contribution is 2.22. The zero-order valence-electron chi connectivity index (χ0n) is 10.5. The van der Waals surface area contributed by atoms with Gasteiger partial charge in [-0.15, -0.1) is 0 Å². The quantitative estimate of drug-likeness (QED) is 0.849. The minimum absolute atomic E-state index is 0.0288. The van der Waals surface area contributed by atoms with E-state index in [9.17, 15) is 9.90 Å². The van der Waals surface area contributed by atoms with E-state index >= 15 is 0 Å². The molecule has 1 aromatic rings. The van der Waals surface area contributed by atoms with Gasteiger partial charge < -0.3 is 19.9 Å². The van der Waals surface area contributed by atoms with Gasteiger partial charge in [0.15, 0.2) is 5.79 Å². The molecule has 1 aliphatic heterocycles. The van der Waals surface area contributed by atoms with Crippen LogP contribution in [0.25, 0.3) is 0 Å². The van der Waals surface area contributed by atoms with Gasteiger partial charge in [0.05, 0.1) is 12.2 Å². The Balaban J connectivity index is 1.88. The molecular formula is C13H17NO4. The molecule has 5 nitrogen and oxygen atoms in total. The lowest BCUT2D eigenvalue weighted by molar-refractivity contribution is -0.137. The van der Waals surface area contributed by atoms with Crippen molar-refractivity contribution in [3.63, 3.8) is 0 Å². The van der Waals surface area contributed by atoms with Crippen LogP contribution in [0.5, 0.6) is 5.75 Å². The highest BCUT2D eigenvalue weighted by molar-refractivity contribution is 5.96. The Bertz CT molecular complexity index is 444. The second-order valence-electron chi connectivity index (χ2n) is 4.68. The molecule has 1 aromatic carbocycles. The summed E-state index contributed by atoms with van der Waals surface area (Å²) >= 11 is 0. The van der Waals surface area contributed by atoms with E-state index in [1.54, 1.807) is 18.2 Å². The lowest BCUT2D eigenvalue weighted by atomic mass is 10.2. The Hall–Kier alpha value is -1.59. The Morgan fingerprint density at radius 1 is 1.50 bits per heavy atom. The minimum Gasteiger partial charge on any atom is -0.507 e. The molecule has 0 aliphatic carbocycles. The van der Waals surface area contributed by atoms with Gasteiger partial charge in [-0.25, -0.2) is 0 Å². The van der Waals surface area contributed by atoms with Crippen molar-refractivity contribution in [1.82, 2.24) is 5.32 Å². The number of phenolic OH excluding ortho intramolecular Hbond substituents is 1. The van der Waals surface area contributed by atoms with Crippen molar-refractivity contribution in [3.8, 4) is 5.75 Å². The fraction of sp³-hybridized carbons (Fsp3) is 0.462. The number of amides is 1.